The first-order chi connectivity index (χ1) is 21.8. The number of benzene rings is 3. The zero-order valence-corrected chi connectivity index (χ0v) is 25.1. The highest BCUT2D eigenvalue weighted by atomic mass is 16.5. The number of amides is 1. The number of aliphatic hydroxyl groups is 1. The average molecular weight is 614 g/mol. The number of carboxylic acids is 1. The molecular formula is C35H39N3O7. The number of hydrogen-bond acceptors (Lipinski definition) is 7. The number of phenolic OH excluding ortho intramolecular Hbond substituents is 1. The number of unbranched alkanes of at least 4 members (excludes halogenated alkanes) is 2. The second-order valence-corrected chi connectivity index (χ2v) is 11.5. The van der Waals surface area contributed by atoms with E-state index in [1.807, 2.05) is 30.3 Å². The van der Waals surface area contributed by atoms with Gasteiger partial charge in [-0.3, -0.25) is 14.4 Å². The van der Waals surface area contributed by atoms with Crippen molar-refractivity contribution in [3.8, 4) is 11.5 Å². The lowest BCUT2D eigenvalue weighted by atomic mass is 9.73. The van der Waals surface area contributed by atoms with Gasteiger partial charge in [0.05, 0.1) is 23.6 Å². The van der Waals surface area contributed by atoms with Crippen molar-refractivity contribution in [3.63, 3.8) is 0 Å². The van der Waals surface area contributed by atoms with Crippen LogP contribution in [0.25, 0.3) is 10.9 Å². The molecule has 3 aromatic carbocycles. The number of nitrogens with one attached hydrogen (secondary N) is 2. The van der Waals surface area contributed by atoms with Crippen LogP contribution in [0, 0.1) is 0 Å². The molecule has 0 bridgehead atoms. The highest BCUT2D eigenvalue weighted by Gasteiger charge is 2.43. The van der Waals surface area contributed by atoms with E-state index in [9.17, 15) is 29.7 Å². The Bertz CT molecular complexity index is 1660. The highest BCUT2D eigenvalue weighted by Crippen LogP contribution is 2.36. The molecule has 0 radical (unpaired) electrons. The average Bonchev–Trinajstić information content (AvgIpc) is 3.06. The van der Waals surface area contributed by atoms with Gasteiger partial charge in [0.25, 0.3) is 5.91 Å². The quantitative estimate of drug-likeness (QED) is 0.140. The molecule has 1 aliphatic rings. The number of likely N-dealkylation sites (tertiary alicyclic amines) is 1. The van der Waals surface area contributed by atoms with E-state index in [1.165, 1.54) is 12.1 Å². The Balaban J connectivity index is 0.997. The second kappa shape index (κ2) is 14.4. The highest BCUT2D eigenvalue weighted by molar-refractivity contribution is 5.94. The van der Waals surface area contributed by atoms with Gasteiger partial charge in [-0.2, -0.15) is 0 Å². The minimum Gasteiger partial charge on any atom is -0.506 e. The Hall–Kier alpha value is -4.67. The Morgan fingerprint density at radius 2 is 1.67 bits per heavy atom. The van der Waals surface area contributed by atoms with E-state index in [4.69, 9.17) is 4.74 Å². The standard InChI is InChI=1S/C35H39N3O7/c39-29-15-13-27(28-14-16-31(41)37-32(28)29)30(40)23-36-19-5-2-6-22-45-26-11-9-24(10-12-26)33(42)38-20-17-35(18-21-38,34(43)44)25-7-3-1-4-8-25/h1,3-4,7-16,30,36,39-40H,2,5-6,17-23H2,(H,37,41)(H,43,44)/t30-/m0/s1. The van der Waals surface area contributed by atoms with Crippen molar-refractivity contribution in [2.24, 2.45) is 0 Å². The van der Waals surface area contributed by atoms with Crippen LogP contribution in [0.1, 0.15) is 59.7 Å². The maximum absolute atomic E-state index is 13.1. The number of aliphatic hydroxyl groups excluding tert-OH is 1. The summed E-state index contributed by atoms with van der Waals surface area (Å²) in [5.74, 6) is -0.315. The van der Waals surface area contributed by atoms with Crippen molar-refractivity contribution in [2.45, 2.75) is 43.6 Å². The van der Waals surface area contributed by atoms with E-state index in [-0.39, 0.29) is 17.2 Å². The fourth-order valence-corrected chi connectivity index (χ4v) is 5.97. The van der Waals surface area contributed by atoms with Gasteiger partial charge < -0.3 is 35.3 Å². The number of aliphatic carboxylic acids is 1. The largest absolute Gasteiger partial charge is 0.506 e. The summed E-state index contributed by atoms with van der Waals surface area (Å²) in [6, 6.07) is 22.4. The van der Waals surface area contributed by atoms with E-state index < -0.39 is 17.5 Å². The van der Waals surface area contributed by atoms with Gasteiger partial charge in [0.2, 0.25) is 5.56 Å². The van der Waals surface area contributed by atoms with Gasteiger partial charge >= 0.3 is 5.97 Å². The fourth-order valence-electron chi connectivity index (χ4n) is 5.97. The molecular weight excluding hydrogens is 574 g/mol. The van der Waals surface area contributed by atoms with Crippen LogP contribution >= 0.6 is 0 Å². The molecule has 236 valence electrons. The first kappa shape index (κ1) is 31.7. The summed E-state index contributed by atoms with van der Waals surface area (Å²) >= 11 is 0. The third kappa shape index (κ3) is 7.35. The number of carbonyl (C=O) groups excluding carboxylic acids is 1. The van der Waals surface area contributed by atoms with Crippen molar-refractivity contribution < 1.29 is 29.6 Å². The summed E-state index contributed by atoms with van der Waals surface area (Å²) in [5.41, 5.74) is 0.983. The lowest BCUT2D eigenvalue weighted by Crippen LogP contribution is -2.49. The van der Waals surface area contributed by atoms with Gasteiger partial charge in [-0.1, -0.05) is 36.4 Å². The Kier molecular flexibility index (Phi) is 10.2. The fraction of sp³-hybridized carbons (Fsp3) is 0.343. The lowest BCUT2D eigenvalue weighted by molar-refractivity contribution is -0.145. The summed E-state index contributed by atoms with van der Waals surface area (Å²) in [6.07, 6.45) is 2.62. The molecule has 0 spiro atoms. The van der Waals surface area contributed by atoms with Crippen molar-refractivity contribution in [1.29, 1.82) is 0 Å². The molecule has 1 aliphatic heterocycles. The molecule has 10 nitrogen and oxygen atoms in total. The zero-order valence-electron chi connectivity index (χ0n) is 25.1. The van der Waals surface area contributed by atoms with Crippen LogP contribution in [0.2, 0.25) is 0 Å². The molecule has 5 N–H and O–H groups in total. The van der Waals surface area contributed by atoms with Crippen molar-refractivity contribution in [3.05, 3.63) is 106 Å². The smallest absolute Gasteiger partial charge is 0.314 e. The number of pyridine rings is 1. The second-order valence-electron chi connectivity index (χ2n) is 11.5. The number of fused-ring (bicyclic) bond motifs is 1. The topological polar surface area (TPSA) is 152 Å². The molecule has 2 heterocycles. The minimum absolute atomic E-state index is 0.0368. The molecule has 1 atom stereocenters. The summed E-state index contributed by atoms with van der Waals surface area (Å²) in [7, 11) is 0. The van der Waals surface area contributed by atoms with Gasteiger partial charge in [0, 0.05) is 36.7 Å². The molecule has 1 aromatic heterocycles. The molecule has 0 unspecified atom stereocenters. The van der Waals surface area contributed by atoms with Crippen molar-refractivity contribution >= 4 is 22.8 Å². The van der Waals surface area contributed by atoms with Crippen molar-refractivity contribution in [2.75, 3.05) is 32.8 Å². The number of ether oxygens (including phenoxy) is 1. The predicted octanol–water partition coefficient (Wildman–Crippen LogP) is 4.36. The third-order valence-electron chi connectivity index (χ3n) is 8.61. The van der Waals surface area contributed by atoms with Crippen LogP contribution < -0.4 is 15.6 Å². The first-order valence-corrected chi connectivity index (χ1v) is 15.3. The van der Waals surface area contributed by atoms with Crippen LogP contribution in [0.4, 0.5) is 0 Å². The van der Waals surface area contributed by atoms with E-state index in [0.717, 1.165) is 31.4 Å². The van der Waals surface area contributed by atoms with Gasteiger partial charge in [-0.15, -0.1) is 0 Å². The summed E-state index contributed by atoms with van der Waals surface area (Å²) in [4.78, 5) is 41.3. The van der Waals surface area contributed by atoms with Crippen LogP contribution in [0.5, 0.6) is 11.5 Å². The third-order valence-corrected chi connectivity index (χ3v) is 8.61. The Morgan fingerprint density at radius 1 is 0.933 bits per heavy atom. The monoisotopic (exact) mass is 613 g/mol. The number of phenols is 1. The van der Waals surface area contributed by atoms with E-state index in [0.29, 0.717) is 66.9 Å². The summed E-state index contributed by atoms with van der Waals surface area (Å²) < 4.78 is 5.85. The number of piperidine rings is 1. The SMILES string of the molecule is O=C(c1ccc(OCCCCCNC[C@H](O)c2ccc(O)c3[nH]c(=O)ccc23)cc1)N1CCC(C(=O)O)(c2ccccc2)CC1. The molecule has 0 aliphatic carbocycles. The number of carbonyl (C=O) groups is 2. The number of aromatic hydroxyl groups is 1. The Morgan fingerprint density at radius 3 is 2.38 bits per heavy atom. The number of carboxylic acid groups (broad SMARTS) is 1. The zero-order chi connectivity index (χ0) is 31.8. The molecule has 1 amide bonds. The molecule has 1 saturated heterocycles. The molecule has 4 aromatic rings. The van der Waals surface area contributed by atoms with Crippen LogP contribution in [0.3, 0.4) is 0 Å². The number of H-pyrrole nitrogens is 1. The summed E-state index contributed by atoms with van der Waals surface area (Å²) in [6.45, 7) is 2.35. The first-order valence-electron chi connectivity index (χ1n) is 15.3. The molecule has 45 heavy (non-hydrogen) atoms. The molecule has 10 heteroatoms. The maximum Gasteiger partial charge on any atom is 0.314 e. The van der Waals surface area contributed by atoms with E-state index >= 15 is 0 Å². The number of nitrogens with zero attached hydrogens (tertiary/aromatic N) is 1. The van der Waals surface area contributed by atoms with Crippen LogP contribution in [0.15, 0.2) is 83.7 Å². The van der Waals surface area contributed by atoms with Gasteiger partial charge in [-0.25, -0.2) is 0 Å². The number of hydrogen-bond donors (Lipinski definition) is 5. The van der Waals surface area contributed by atoms with E-state index in [1.54, 1.807) is 41.3 Å². The maximum atomic E-state index is 13.1. The summed E-state index contributed by atoms with van der Waals surface area (Å²) in [5, 5.41) is 34.6. The van der Waals surface area contributed by atoms with Gasteiger partial charge in [0.1, 0.15) is 11.5 Å². The number of rotatable bonds is 13. The molecule has 5 rings (SSSR count). The normalized spacial score (nSPS) is 15.1. The van der Waals surface area contributed by atoms with E-state index in [2.05, 4.69) is 10.3 Å². The molecule has 1 fully saturated rings. The Labute approximate surface area is 261 Å². The predicted molar refractivity (Wildman–Crippen MR) is 171 cm³/mol. The van der Waals surface area contributed by atoms with Crippen LogP contribution in [-0.2, 0) is 10.2 Å². The van der Waals surface area contributed by atoms with Crippen molar-refractivity contribution in [1.82, 2.24) is 15.2 Å². The number of aromatic nitrogens is 1. The molecule has 0 saturated carbocycles. The number of aromatic amines is 1. The van der Waals surface area contributed by atoms with Gasteiger partial charge in [0.15, 0.2) is 0 Å². The minimum atomic E-state index is -0.972. The van der Waals surface area contributed by atoms with Crippen LogP contribution in [-0.4, -0.2) is 69.9 Å². The lowest BCUT2D eigenvalue weighted by Gasteiger charge is -2.39. The van der Waals surface area contributed by atoms with Gasteiger partial charge in [-0.05, 0) is 86.2 Å².